The zero-order valence-corrected chi connectivity index (χ0v) is 15.8. The van der Waals surface area contributed by atoms with E-state index in [0.29, 0.717) is 36.0 Å². The Morgan fingerprint density at radius 2 is 2.04 bits per heavy atom. The van der Waals surface area contributed by atoms with Gasteiger partial charge in [-0.25, -0.2) is 0 Å². The first-order valence-electron chi connectivity index (χ1n) is 9.52. The first-order chi connectivity index (χ1) is 13.7. The van der Waals surface area contributed by atoms with E-state index in [1.165, 1.54) is 5.56 Å². The average Bonchev–Trinajstić information content (AvgIpc) is 3.28. The van der Waals surface area contributed by atoms with Gasteiger partial charge in [-0.3, -0.25) is 4.79 Å². The molecule has 0 saturated carbocycles. The molecule has 0 aliphatic carbocycles. The standard InChI is InChI=1S/C21H23N5O2/c1-15-8-10-17(11-9-15)28-14-16-5-4-12-26(13-16)21(27)19-7-3-2-6-18(19)20-22-24-25-23-20/h2-3,6-11,16H,4-5,12-14H2,1H3,(H,22,23,24,25)/t16-/m1/s1. The number of carbonyl (C=O) groups excluding carboxylic acids is 1. The second-order valence-electron chi connectivity index (χ2n) is 7.16. The highest BCUT2D eigenvalue weighted by Gasteiger charge is 2.27. The normalized spacial score (nSPS) is 16.8. The van der Waals surface area contributed by atoms with Crippen LogP contribution < -0.4 is 4.74 Å². The lowest BCUT2D eigenvalue weighted by molar-refractivity contribution is 0.0634. The van der Waals surface area contributed by atoms with Gasteiger partial charge in [-0.15, -0.1) is 10.2 Å². The molecule has 1 atom stereocenters. The van der Waals surface area contributed by atoms with Crippen LogP contribution in [0, 0.1) is 12.8 Å². The van der Waals surface area contributed by atoms with Crippen molar-refractivity contribution in [2.75, 3.05) is 19.7 Å². The molecule has 7 nitrogen and oxygen atoms in total. The van der Waals surface area contributed by atoms with Crippen LogP contribution in [0.4, 0.5) is 0 Å². The number of ether oxygens (including phenoxy) is 1. The molecule has 0 unspecified atom stereocenters. The molecular formula is C21H23N5O2. The Kier molecular flexibility index (Phi) is 5.32. The lowest BCUT2D eigenvalue weighted by Gasteiger charge is -2.33. The van der Waals surface area contributed by atoms with Crippen LogP contribution in [0.25, 0.3) is 11.4 Å². The highest BCUT2D eigenvalue weighted by molar-refractivity contribution is 6.00. The van der Waals surface area contributed by atoms with Crippen molar-refractivity contribution in [1.82, 2.24) is 25.5 Å². The van der Waals surface area contributed by atoms with Crippen LogP contribution in [0.15, 0.2) is 48.5 Å². The molecule has 2 aromatic carbocycles. The number of nitrogens with zero attached hydrogens (tertiary/aromatic N) is 4. The second-order valence-corrected chi connectivity index (χ2v) is 7.16. The summed E-state index contributed by atoms with van der Waals surface area (Å²) in [5, 5.41) is 14.1. The molecule has 3 aromatic rings. The fraction of sp³-hybridized carbons (Fsp3) is 0.333. The molecule has 28 heavy (non-hydrogen) atoms. The van der Waals surface area contributed by atoms with Crippen molar-refractivity contribution in [2.24, 2.45) is 5.92 Å². The molecule has 7 heteroatoms. The molecule has 1 aliphatic rings. The van der Waals surface area contributed by atoms with E-state index >= 15 is 0 Å². The molecule has 144 valence electrons. The maximum atomic E-state index is 13.2. The number of benzene rings is 2. The summed E-state index contributed by atoms with van der Waals surface area (Å²) in [6, 6.07) is 15.5. The summed E-state index contributed by atoms with van der Waals surface area (Å²) in [6.07, 6.45) is 2.03. The lowest BCUT2D eigenvalue weighted by Crippen LogP contribution is -2.41. The van der Waals surface area contributed by atoms with Crippen molar-refractivity contribution in [3.8, 4) is 17.1 Å². The number of hydrogen-bond donors (Lipinski definition) is 1. The Hall–Kier alpha value is -3.22. The van der Waals surface area contributed by atoms with E-state index in [-0.39, 0.29) is 5.91 Å². The quantitative estimate of drug-likeness (QED) is 0.739. The number of carbonyl (C=O) groups is 1. The Bertz CT molecular complexity index is 924. The van der Waals surface area contributed by atoms with E-state index < -0.39 is 0 Å². The average molecular weight is 377 g/mol. The minimum absolute atomic E-state index is 0.000404. The molecular weight excluding hydrogens is 354 g/mol. The predicted octanol–water partition coefficient (Wildman–Crippen LogP) is 3.11. The van der Waals surface area contributed by atoms with Crippen molar-refractivity contribution < 1.29 is 9.53 Å². The summed E-state index contributed by atoms with van der Waals surface area (Å²) in [6.45, 7) is 4.10. The fourth-order valence-electron chi connectivity index (χ4n) is 3.54. The zero-order valence-electron chi connectivity index (χ0n) is 15.8. The molecule has 1 amide bonds. The first-order valence-corrected chi connectivity index (χ1v) is 9.52. The third kappa shape index (κ3) is 4.03. The molecule has 0 spiro atoms. The van der Waals surface area contributed by atoms with Crippen molar-refractivity contribution in [3.63, 3.8) is 0 Å². The molecule has 1 saturated heterocycles. The number of aromatic amines is 1. The number of H-pyrrole nitrogens is 1. The van der Waals surface area contributed by atoms with Gasteiger partial charge in [-0.2, -0.15) is 5.21 Å². The van der Waals surface area contributed by atoms with Gasteiger partial charge in [0.15, 0.2) is 0 Å². The van der Waals surface area contributed by atoms with Crippen LogP contribution in [0.5, 0.6) is 5.75 Å². The Morgan fingerprint density at radius 1 is 1.21 bits per heavy atom. The van der Waals surface area contributed by atoms with Crippen molar-refractivity contribution >= 4 is 5.91 Å². The molecule has 1 aromatic heterocycles. The summed E-state index contributed by atoms with van der Waals surface area (Å²) < 4.78 is 5.95. The summed E-state index contributed by atoms with van der Waals surface area (Å²) in [7, 11) is 0. The van der Waals surface area contributed by atoms with Gasteiger partial charge in [0.05, 0.1) is 12.2 Å². The Morgan fingerprint density at radius 3 is 2.82 bits per heavy atom. The number of tetrazole rings is 1. The van der Waals surface area contributed by atoms with Gasteiger partial charge in [0.1, 0.15) is 5.75 Å². The monoisotopic (exact) mass is 377 g/mol. The van der Waals surface area contributed by atoms with Gasteiger partial charge in [0.2, 0.25) is 5.82 Å². The minimum Gasteiger partial charge on any atom is -0.493 e. The molecule has 1 fully saturated rings. The van der Waals surface area contributed by atoms with Crippen LogP contribution in [0.2, 0.25) is 0 Å². The predicted molar refractivity (Wildman–Crippen MR) is 105 cm³/mol. The molecule has 1 aliphatic heterocycles. The number of likely N-dealkylation sites (tertiary alicyclic amines) is 1. The maximum Gasteiger partial charge on any atom is 0.254 e. The number of aromatic nitrogens is 4. The van der Waals surface area contributed by atoms with Gasteiger partial charge in [-0.1, -0.05) is 35.9 Å². The summed E-state index contributed by atoms with van der Waals surface area (Å²) >= 11 is 0. The number of aryl methyl sites for hydroxylation is 1. The van der Waals surface area contributed by atoms with E-state index in [1.54, 1.807) is 0 Å². The molecule has 0 bridgehead atoms. The van der Waals surface area contributed by atoms with E-state index in [9.17, 15) is 4.79 Å². The topological polar surface area (TPSA) is 84.0 Å². The van der Waals surface area contributed by atoms with Crippen molar-refractivity contribution in [3.05, 3.63) is 59.7 Å². The minimum atomic E-state index is 0.000404. The summed E-state index contributed by atoms with van der Waals surface area (Å²) in [5.41, 5.74) is 2.50. The highest BCUT2D eigenvalue weighted by Crippen LogP contribution is 2.24. The molecule has 0 radical (unpaired) electrons. The summed E-state index contributed by atoms with van der Waals surface area (Å²) in [4.78, 5) is 15.1. The van der Waals surface area contributed by atoms with Crippen LogP contribution in [-0.4, -0.2) is 51.1 Å². The van der Waals surface area contributed by atoms with E-state index in [0.717, 1.165) is 25.1 Å². The fourth-order valence-corrected chi connectivity index (χ4v) is 3.54. The Balaban J connectivity index is 1.43. The van der Waals surface area contributed by atoms with Gasteiger partial charge in [0.25, 0.3) is 5.91 Å². The van der Waals surface area contributed by atoms with Crippen molar-refractivity contribution in [2.45, 2.75) is 19.8 Å². The largest absolute Gasteiger partial charge is 0.493 e. The maximum absolute atomic E-state index is 13.2. The first kappa shape index (κ1) is 18.2. The van der Waals surface area contributed by atoms with E-state index in [1.807, 2.05) is 53.4 Å². The van der Waals surface area contributed by atoms with E-state index in [2.05, 4.69) is 27.5 Å². The van der Waals surface area contributed by atoms with E-state index in [4.69, 9.17) is 4.74 Å². The van der Waals surface area contributed by atoms with Gasteiger partial charge < -0.3 is 9.64 Å². The molecule has 4 rings (SSSR count). The van der Waals surface area contributed by atoms with Gasteiger partial charge in [0, 0.05) is 24.6 Å². The van der Waals surface area contributed by atoms with Crippen LogP contribution in [0.1, 0.15) is 28.8 Å². The highest BCUT2D eigenvalue weighted by atomic mass is 16.5. The van der Waals surface area contributed by atoms with Crippen LogP contribution in [-0.2, 0) is 0 Å². The lowest BCUT2D eigenvalue weighted by atomic mass is 9.97. The van der Waals surface area contributed by atoms with Crippen molar-refractivity contribution in [1.29, 1.82) is 0 Å². The summed E-state index contributed by atoms with van der Waals surface area (Å²) in [5.74, 6) is 1.62. The number of amides is 1. The number of piperidine rings is 1. The van der Waals surface area contributed by atoms with Crippen LogP contribution in [0.3, 0.4) is 0 Å². The SMILES string of the molecule is Cc1ccc(OC[C@@H]2CCCN(C(=O)c3ccccc3-c3nn[nH]n3)C2)cc1. The van der Waals surface area contributed by atoms with Gasteiger partial charge in [-0.05, 0) is 43.2 Å². The smallest absolute Gasteiger partial charge is 0.254 e. The number of nitrogens with one attached hydrogen (secondary N) is 1. The number of hydrogen-bond acceptors (Lipinski definition) is 5. The second kappa shape index (κ2) is 8.21. The molecule has 1 N–H and O–H groups in total. The zero-order chi connectivity index (χ0) is 19.3. The third-order valence-electron chi connectivity index (χ3n) is 5.06. The third-order valence-corrected chi connectivity index (χ3v) is 5.06. The van der Waals surface area contributed by atoms with Gasteiger partial charge >= 0.3 is 0 Å². The van der Waals surface area contributed by atoms with Crippen LogP contribution >= 0.6 is 0 Å². The Labute approximate surface area is 163 Å². The number of rotatable bonds is 5. The molecule has 2 heterocycles.